The highest BCUT2D eigenvalue weighted by Crippen LogP contribution is 2.26. The summed E-state index contributed by atoms with van der Waals surface area (Å²) in [5, 5.41) is 0.601. The van der Waals surface area contributed by atoms with Crippen LogP contribution in [0.25, 0.3) is 0 Å². The maximum Gasteiger partial charge on any atom is 0.243 e. The summed E-state index contributed by atoms with van der Waals surface area (Å²) in [5.41, 5.74) is 0.414. The Morgan fingerprint density at radius 3 is 2.52 bits per heavy atom. The summed E-state index contributed by atoms with van der Waals surface area (Å²) in [6, 6.07) is 10.9. The first-order valence-corrected chi connectivity index (χ1v) is 9.86. The zero-order valence-corrected chi connectivity index (χ0v) is 15.4. The Kier molecular flexibility index (Phi) is 5.32. The number of benzene rings is 2. The van der Waals surface area contributed by atoms with Gasteiger partial charge in [0.2, 0.25) is 10.0 Å². The molecule has 0 radical (unpaired) electrons. The van der Waals surface area contributed by atoms with Crippen molar-refractivity contribution in [2.45, 2.75) is 30.8 Å². The first-order valence-electron chi connectivity index (χ1n) is 8.05. The number of rotatable bonds is 4. The van der Waals surface area contributed by atoms with Crippen LogP contribution in [0.15, 0.2) is 47.4 Å². The van der Waals surface area contributed by atoms with Gasteiger partial charge in [-0.3, -0.25) is 0 Å². The lowest BCUT2D eigenvalue weighted by Gasteiger charge is -2.31. The van der Waals surface area contributed by atoms with Crippen LogP contribution in [-0.2, 0) is 10.0 Å². The summed E-state index contributed by atoms with van der Waals surface area (Å²) < 4.78 is 46.1. The zero-order valence-electron chi connectivity index (χ0n) is 13.8. The second kappa shape index (κ2) is 7.32. The third-order valence-electron chi connectivity index (χ3n) is 4.25. The Labute approximate surface area is 152 Å². The molecule has 7 heteroatoms. The van der Waals surface area contributed by atoms with Crippen LogP contribution < -0.4 is 4.74 Å². The minimum atomic E-state index is -3.62. The van der Waals surface area contributed by atoms with E-state index in [0.717, 1.165) is 0 Å². The first kappa shape index (κ1) is 18.2. The largest absolute Gasteiger partial charge is 0.490 e. The molecule has 1 heterocycles. The molecule has 0 aliphatic carbocycles. The van der Waals surface area contributed by atoms with Gasteiger partial charge >= 0.3 is 0 Å². The number of halogens is 2. The molecule has 0 saturated carbocycles. The molecule has 0 aromatic heterocycles. The third-order valence-corrected chi connectivity index (χ3v) is 6.55. The molecule has 25 heavy (non-hydrogen) atoms. The Morgan fingerprint density at radius 2 is 1.88 bits per heavy atom. The van der Waals surface area contributed by atoms with Gasteiger partial charge in [0, 0.05) is 18.1 Å². The zero-order chi connectivity index (χ0) is 18.0. The highest BCUT2D eigenvalue weighted by atomic mass is 35.5. The number of ether oxygens (including phenoxy) is 1. The lowest BCUT2D eigenvalue weighted by atomic mass is 10.1. The van der Waals surface area contributed by atoms with Gasteiger partial charge in [-0.15, -0.1) is 0 Å². The fourth-order valence-electron chi connectivity index (χ4n) is 2.96. The van der Waals surface area contributed by atoms with Gasteiger partial charge in [0.15, 0.2) is 0 Å². The van der Waals surface area contributed by atoms with E-state index < -0.39 is 15.8 Å². The predicted octanol–water partition coefficient (Wildman–Crippen LogP) is 4.02. The second-order valence-electron chi connectivity index (χ2n) is 6.09. The molecule has 0 unspecified atom stereocenters. The molecule has 4 nitrogen and oxygen atoms in total. The van der Waals surface area contributed by atoms with Gasteiger partial charge in [0.25, 0.3) is 0 Å². The van der Waals surface area contributed by atoms with Gasteiger partial charge in [0.05, 0.1) is 4.90 Å². The molecule has 2 aromatic rings. The molecule has 1 fully saturated rings. The summed E-state index contributed by atoms with van der Waals surface area (Å²) in [6.07, 6.45) is 1.12. The van der Waals surface area contributed by atoms with Gasteiger partial charge < -0.3 is 4.74 Å². The fraction of sp³-hybridized carbons (Fsp3) is 0.333. The summed E-state index contributed by atoms with van der Waals surface area (Å²) >= 11 is 5.95. The van der Waals surface area contributed by atoms with Crippen LogP contribution in [0.3, 0.4) is 0 Å². The van der Waals surface area contributed by atoms with Crippen molar-refractivity contribution >= 4 is 21.6 Å². The molecule has 1 aliphatic rings. The predicted molar refractivity (Wildman–Crippen MR) is 95.0 cm³/mol. The van der Waals surface area contributed by atoms with Gasteiger partial charge in [-0.2, -0.15) is 4.31 Å². The number of nitrogens with zero attached hydrogens (tertiary/aromatic N) is 1. The number of hydrogen-bond donors (Lipinski definition) is 0. The van der Waals surface area contributed by atoms with E-state index in [4.69, 9.17) is 16.3 Å². The quantitative estimate of drug-likeness (QED) is 0.801. The minimum absolute atomic E-state index is 0.0563. The number of aryl methyl sites for hydroxylation is 1. The van der Waals surface area contributed by atoms with E-state index in [0.29, 0.717) is 42.3 Å². The van der Waals surface area contributed by atoms with Crippen molar-refractivity contribution < 1.29 is 17.5 Å². The molecule has 0 N–H and O–H groups in total. The second-order valence-corrected chi connectivity index (χ2v) is 8.43. The van der Waals surface area contributed by atoms with Crippen LogP contribution in [0.1, 0.15) is 18.4 Å². The van der Waals surface area contributed by atoms with E-state index in [1.54, 1.807) is 19.1 Å². The van der Waals surface area contributed by atoms with Crippen LogP contribution >= 0.6 is 11.6 Å². The topological polar surface area (TPSA) is 46.6 Å². The standard InChI is InChI=1S/C18H19ClFNO3S/c1-13-11-15(20)5-6-18(13)25(22,23)21-9-7-16(8-10-21)24-17-4-2-3-14(19)12-17/h2-6,11-12,16H,7-10H2,1H3. The van der Waals surface area contributed by atoms with Gasteiger partial charge in [-0.1, -0.05) is 17.7 Å². The average molecular weight is 384 g/mol. The highest BCUT2D eigenvalue weighted by Gasteiger charge is 2.31. The monoisotopic (exact) mass is 383 g/mol. The molecule has 134 valence electrons. The molecule has 2 aromatic carbocycles. The summed E-state index contributed by atoms with van der Waals surface area (Å²) in [6.45, 7) is 2.33. The number of hydrogen-bond acceptors (Lipinski definition) is 3. The summed E-state index contributed by atoms with van der Waals surface area (Å²) in [5.74, 6) is 0.244. The van der Waals surface area contributed by atoms with Crippen LogP contribution in [0.5, 0.6) is 5.75 Å². The molecule has 0 amide bonds. The van der Waals surface area contributed by atoms with Crippen molar-refractivity contribution in [1.82, 2.24) is 4.31 Å². The molecular weight excluding hydrogens is 365 g/mol. The van der Waals surface area contributed by atoms with Gasteiger partial charge in [-0.25, -0.2) is 12.8 Å². The molecule has 0 atom stereocenters. The molecular formula is C18H19ClFNO3S. The highest BCUT2D eigenvalue weighted by molar-refractivity contribution is 7.89. The van der Waals surface area contributed by atoms with E-state index in [1.807, 2.05) is 12.1 Å². The van der Waals surface area contributed by atoms with Crippen LogP contribution in [-0.4, -0.2) is 31.9 Å². The van der Waals surface area contributed by atoms with Crippen molar-refractivity contribution in [3.8, 4) is 5.75 Å². The Balaban J connectivity index is 1.67. The van der Waals surface area contributed by atoms with E-state index in [1.165, 1.54) is 22.5 Å². The third kappa shape index (κ3) is 4.14. The van der Waals surface area contributed by atoms with Crippen molar-refractivity contribution in [1.29, 1.82) is 0 Å². The van der Waals surface area contributed by atoms with Crippen molar-refractivity contribution in [2.24, 2.45) is 0 Å². The Morgan fingerprint density at radius 1 is 1.16 bits per heavy atom. The van der Waals surface area contributed by atoms with E-state index in [9.17, 15) is 12.8 Å². The Bertz CT molecular complexity index is 864. The first-order chi connectivity index (χ1) is 11.9. The normalized spacial score (nSPS) is 16.8. The van der Waals surface area contributed by atoms with Gasteiger partial charge in [-0.05, 0) is 61.7 Å². The maximum atomic E-state index is 13.2. The SMILES string of the molecule is Cc1cc(F)ccc1S(=O)(=O)N1CCC(Oc2cccc(Cl)c2)CC1. The smallest absolute Gasteiger partial charge is 0.243 e. The minimum Gasteiger partial charge on any atom is -0.490 e. The molecule has 1 saturated heterocycles. The maximum absolute atomic E-state index is 13.2. The molecule has 1 aliphatic heterocycles. The molecule has 3 rings (SSSR count). The lowest BCUT2D eigenvalue weighted by molar-refractivity contribution is 0.135. The van der Waals surface area contributed by atoms with E-state index >= 15 is 0 Å². The van der Waals surface area contributed by atoms with Crippen molar-refractivity contribution in [3.63, 3.8) is 0 Å². The lowest BCUT2D eigenvalue weighted by Crippen LogP contribution is -2.41. The van der Waals surface area contributed by atoms with Gasteiger partial charge in [0.1, 0.15) is 17.7 Å². The Hall–Kier alpha value is -1.63. The van der Waals surface area contributed by atoms with E-state index in [2.05, 4.69) is 0 Å². The average Bonchev–Trinajstić information content (AvgIpc) is 2.55. The van der Waals surface area contributed by atoms with Crippen molar-refractivity contribution in [3.05, 3.63) is 58.9 Å². The summed E-state index contributed by atoms with van der Waals surface area (Å²) in [7, 11) is -3.62. The van der Waals surface area contributed by atoms with Crippen molar-refractivity contribution in [2.75, 3.05) is 13.1 Å². The van der Waals surface area contributed by atoms with E-state index in [-0.39, 0.29) is 11.0 Å². The molecule has 0 bridgehead atoms. The van der Waals surface area contributed by atoms with Crippen LogP contribution in [0.4, 0.5) is 4.39 Å². The fourth-order valence-corrected chi connectivity index (χ4v) is 4.82. The van der Waals surface area contributed by atoms with Crippen LogP contribution in [0, 0.1) is 12.7 Å². The molecule has 0 spiro atoms. The number of sulfonamides is 1. The summed E-state index contributed by atoms with van der Waals surface area (Å²) in [4.78, 5) is 0.156. The number of piperidine rings is 1. The van der Waals surface area contributed by atoms with Crippen LogP contribution in [0.2, 0.25) is 5.02 Å².